The standard InChI is InChI=1S/C14H12N4O/c1-8-16-7-11-2-10(6-15)13(19)18(12(11)17-8)14-3-9(4-14)5-14/h2,7,9H,3-5H2,1H3. The number of nitrogens with zero attached hydrogens (tertiary/aromatic N) is 4. The molecular weight excluding hydrogens is 240 g/mol. The van der Waals surface area contributed by atoms with Crippen LogP contribution in [0, 0.1) is 24.2 Å². The van der Waals surface area contributed by atoms with Gasteiger partial charge >= 0.3 is 0 Å². The van der Waals surface area contributed by atoms with Crippen LogP contribution in [0.3, 0.4) is 0 Å². The quantitative estimate of drug-likeness (QED) is 0.770. The maximum Gasteiger partial charge on any atom is 0.270 e. The summed E-state index contributed by atoms with van der Waals surface area (Å²) in [6.07, 6.45) is 4.82. The van der Waals surface area contributed by atoms with Crippen molar-refractivity contribution in [2.24, 2.45) is 5.92 Å². The summed E-state index contributed by atoms with van der Waals surface area (Å²) in [5.74, 6) is 1.41. The smallest absolute Gasteiger partial charge is 0.270 e. The van der Waals surface area contributed by atoms with E-state index in [0.29, 0.717) is 11.5 Å². The van der Waals surface area contributed by atoms with Crippen molar-refractivity contribution in [3.05, 3.63) is 34.0 Å². The van der Waals surface area contributed by atoms with E-state index < -0.39 is 0 Å². The maximum atomic E-state index is 12.5. The van der Waals surface area contributed by atoms with Gasteiger partial charge in [-0.3, -0.25) is 9.36 Å². The van der Waals surface area contributed by atoms with Gasteiger partial charge in [0.25, 0.3) is 5.56 Å². The summed E-state index contributed by atoms with van der Waals surface area (Å²) < 4.78 is 1.76. The molecule has 3 saturated carbocycles. The van der Waals surface area contributed by atoms with Gasteiger partial charge in [0.1, 0.15) is 23.1 Å². The van der Waals surface area contributed by atoms with Gasteiger partial charge in [-0.25, -0.2) is 9.97 Å². The molecule has 19 heavy (non-hydrogen) atoms. The number of fused-ring (bicyclic) bond motifs is 1. The third kappa shape index (κ3) is 1.21. The monoisotopic (exact) mass is 252 g/mol. The first-order valence-corrected chi connectivity index (χ1v) is 6.43. The highest BCUT2D eigenvalue weighted by molar-refractivity contribution is 5.76. The van der Waals surface area contributed by atoms with Gasteiger partial charge in [-0.2, -0.15) is 5.26 Å². The van der Waals surface area contributed by atoms with Gasteiger partial charge in [-0.1, -0.05) is 0 Å². The Balaban J connectivity index is 2.13. The lowest BCUT2D eigenvalue weighted by atomic mass is 9.49. The van der Waals surface area contributed by atoms with E-state index in [1.165, 1.54) is 0 Å². The molecule has 5 heteroatoms. The van der Waals surface area contributed by atoms with Crippen molar-refractivity contribution in [2.75, 3.05) is 0 Å². The normalized spacial score (nSPS) is 27.5. The number of pyridine rings is 1. The summed E-state index contributed by atoms with van der Waals surface area (Å²) in [5.41, 5.74) is 0.582. The van der Waals surface area contributed by atoms with Gasteiger partial charge < -0.3 is 0 Å². The highest BCUT2D eigenvalue weighted by Gasteiger charge is 2.59. The molecule has 2 aromatic heterocycles. The number of hydrogen-bond donors (Lipinski definition) is 0. The summed E-state index contributed by atoms with van der Waals surface area (Å²) in [6, 6.07) is 3.59. The van der Waals surface area contributed by atoms with Crippen molar-refractivity contribution in [1.82, 2.24) is 14.5 Å². The minimum atomic E-state index is -0.203. The molecule has 3 aliphatic carbocycles. The fourth-order valence-corrected chi connectivity index (χ4v) is 3.41. The van der Waals surface area contributed by atoms with Crippen LogP contribution in [0.25, 0.3) is 11.0 Å². The third-order valence-corrected chi connectivity index (χ3v) is 4.46. The van der Waals surface area contributed by atoms with E-state index in [4.69, 9.17) is 5.26 Å². The molecule has 2 aromatic rings. The Kier molecular flexibility index (Phi) is 1.80. The Morgan fingerprint density at radius 1 is 1.47 bits per heavy atom. The Morgan fingerprint density at radius 2 is 2.21 bits per heavy atom. The molecule has 0 unspecified atom stereocenters. The molecule has 0 radical (unpaired) electrons. The second-order valence-electron chi connectivity index (χ2n) is 5.71. The zero-order valence-electron chi connectivity index (χ0n) is 10.6. The molecule has 0 N–H and O–H groups in total. The fraction of sp³-hybridized carbons (Fsp3) is 0.429. The van der Waals surface area contributed by atoms with Gasteiger partial charge in [-0.15, -0.1) is 0 Å². The Bertz CT molecular complexity index is 798. The molecule has 5 nitrogen and oxygen atoms in total. The molecule has 2 bridgehead atoms. The summed E-state index contributed by atoms with van der Waals surface area (Å²) >= 11 is 0. The van der Waals surface area contributed by atoms with E-state index in [9.17, 15) is 4.79 Å². The lowest BCUT2D eigenvalue weighted by Crippen LogP contribution is -2.62. The largest absolute Gasteiger partial charge is 0.285 e. The average molecular weight is 252 g/mol. The molecule has 0 aromatic carbocycles. The number of nitriles is 1. The first-order chi connectivity index (χ1) is 9.13. The minimum Gasteiger partial charge on any atom is -0.285 e. The Hall–Kier alpha value is -2.22. The van der Waals surface area contributed by atoms with Crippen LogP contribution in [0.4, 0.5) is 0 Å². The molecule has 5 rings (SSSR count). The van der Waals surface area contributed by atoms with Crippen LogP contribution in [0.1, 0.15) is 30.7 Å². The summed E-state index contributed by atoms with van der Waals surface area (Å²) in [6.45, 7) is 1.81. The van der Waals surface area contributed by atoms with Gasteiger partial charge in [0.05, 0.1) is 5.54 Å². The van der Waals surface area contributed by atoms with E-state index in [1.54, 1.807) is 16.8 Å². The van der Waals surface area contributed by atoms with Gasteiger partial charge in [-0.05, 0) is 38.2 Å². The highest BCUT2D eigenvalue weighted by Crippen LogP contribution is 2.62. The first-order valence-electron chi connectivity index (χ1n) is 6.43. The highest BCUT2D eigenvalue weighted by atomic mass is 16.1. The molecule has 0 amide bonds. The van der Waals surface area contributed by atoms with Crippen LogP contribution in [-0.2, 0) is 5.54 Å². The molecule has 0 atom stereocenters. The molecule has 0 aliphatic heterocycles. The topological polar surface area (TPSA) is 71.6 Å². The molecule has 94 valence electrons. The van der Waals surface area contributed by atoms with Crippen molar-refractivity contribution >= 4 is 11.0 Å². The van der Waals surface area contributed by atoms with Gasteiger partial charge in [0.2, 0.25) is 0 Å². The fourth-order valence-electron chi connectivity index (χ4n) is 3.41. The first kappa shape index (κ1) is 10.7. The van der Waals surface area contributed by atoms with E-state index in [0.717, 1.165) is 30.6 Å². The van der Waals surface area contributed by atoms with Crippen LogP contribution in [0.5, 0.6) is 0 Å². The molecule has 0 saturated heterocycles. The van der Waals surface area contributed by atoms with Crippen molar-refractivity contribution < 1.29 is 0 Å². The van der Waals surface area contributed by atoms with Crippen LogP contribution in [-0.4, -0.2) is 14.5 Å². The second kappa shape index (κ2) is 3.21. The summed E-state index contributed by atoms with van der Waals surface area (Å²) in [7, 11) is 0. The van der Waals surface area contributed by atoms with Crippen molar-refractivity contribution in [3.8, 4) is 6.07 Å². The van der Waals surface area contributed by atoms with Crippen LogP contribution in [0.2, 0.25) is 0 Å². The van der Waals surface area contributed by atoms with Crippen molar-refractivity contribution in [2.45, 2.75) is 31.7 Å². The average Bonchev–Trinajstić information content (AvgIpc) is 2.28. The Labute approximate surface area is 109 Å². The van der Waals surface area contributed by atoms with E-state index in [-0.39, 0.29) is 16.7 Å². The molecule has 3 aliphatic rings. The molecule has 3 fully saturated rings. The van der Waals surface area contributed by atoms with E-state index in [1.807, 2.05) is 13.0 Å². The maximum absolute atomic E-state index is 12.5. The number of aryl methyl sites for hydroxylation is 1. The Morgan fingerprint density at radius 3 is 2.79 bits per heavy atom. The zero-order chi connectivity index (χ0) is 13.2. The minimum absolute atomic E-state index is 0.0757. The number of aromatic nitrogens is 3. The van der Waals surface area contributed by atoms with Crippen LogP contribution < -0.4 is 5.56 Å². The van der Waals surface area contributed by atoms with Crippen molar-refractivity contribution in [1.29, 1.82) is 5.26 Å². The van der Waals surface area contributed by atoms with Crippen LogP contribution in [0.15, 0.2) is 17.1 Å². The lowest BCUT2D eigenvalue weighted by Gasteiger charge is -2.62. The summed E-state index contributed by atoms with van der Waals surface area (Å²) in [5, 5.41) is 9.89. The lowest BCUT2D eigenvalue weighted by molar-refractivity contribution is -0.0884. The zero-order valence-corrected chi connectivity index (χ0v) is 10.6. The predicted octanol–water partition coefficient (Wildman–Crippen LogP) is 1.48. The molecular formula is C14H12N4O. The number of hydrogen-bond acceptors (Lipinski definition) is 4. The molecule has 0 spiro atoms. The summed E-state index contributed by atoms with van der Waals surface area (Å²) in [4.78, 5) is 21.1. The van der Waals surface area contributed by atoms with Gasteiger partial charge in [0.15, 0.2) is 0 Å². The van der Waals surface area contributed by atoms with E-state index >= 15 is 0 Å². The number of rotatable bonds is 1. The second-order valence-corrected chi connectivity index (χ2v) is 5.71. The van der Waals surface area contributed by atoms with E-state index in [2.05, 4.69) is 9.97 Å². The predicted molar refractivity (Wildman–Crippen MR) is 68.6 cm³/mol. The van der Waals surface area contributed by atoms with Crippen molar-refractivity contribution in [3.63, 3.8) is 0 Å². The van der Waals surface area contributed by atoms with Crippen LogP contribution >= 0.6 is 0 Å². The SMILES string of the molecule is Cc1ncc2cc(C#N)c(=O)n(C34CC(C3)C4)c2n1. The van der Waals surface area contributed by atoms with Gasteiger partial charge in [0, 0.05) is 11.6 Å². The molecule has 2 heterocycles. The third-order valence-electron chi connectivity index (χ3n) is 4.46.